The Kier molecular flexibility index (Phi) is 5.66. The highest BCUT2D eigenvalue weighted by Gasteiger charge is 2.54. The van der Waals surface area contributed by atoms with Gasteiger partial charge in [-0.25, -0.2) is 9.78 Å². The van der Waals surface area contributed by atoms with Crippen LogP contribution in [0.1, 0.15) is 65.5 Å². The highest BCUT2D eigenvalue weighted by atomic mass is 16.5. The molecule has 3 aromatic heterocycles. The van der Waals surface area contributed by atoms with E-state index in [1.54, 1.807) is 6.07 Å². The van der Waals surface area contributed by atoms with E-state index < -0.39 is 5.97 Å². The number of aromatic carboxylic acids is 1. The first kappa shape index (κ1) is 24.6. The van der Waals surface area contributed by atoms with Gasteiger partial charge < -0.3 is 19.3 Å². The van der Waals surface area contributed by atoms with Crippen LogP contribution in [0.25, 0.3) is 28.2 Å². The highest BCUT2D eigenvalue weighted by Crippen LogP contribution is 2.54. The van der Waals surface area contributed by atoms with E-state index in [4.69, 9.17) is 9.26 Å². The molecule has 208 valence electrons. The Balaban J connectivity index is 1.01. The van der Waals surface area contributed by atoms with Crippen LogP contribution in [0.15, 0.2) is 53.2 Å². The predicted octanol–water partition coefficient (Wildman–Crippen LogP) is 6.50. The first-order valence-corrected chi connectivity index (χ1v) is 14.7. The summed E-state index contributed by atoms with van der Waals surface area (Å²) in [6, 6.07) is 11.7. The summed E-state index contributed by atoms with van der Waals surface area (Å²) >= 11 is 0. The molecule has 1 aromatic carbocycles. The molecule has 8 nitrogen and oxygen atoms in total. The third-order valence-electron chi connectivity index (χ3n) is 9.40. The second-order valence-corrected chi connectivity index (χ2v) is 12.1. The first-order chi connectivity index (χ1) is 20.0. The molecule has 3 saturated carbocycles. The van der Waals surface area contributed by atoms with Gasteiger partial charge in [-0.05, 0) is 87.1 Å². The number of benzene rings is 1. The van der Waals surface area contributed by atoms with E-state index >= 15 is 0 Å². The van der Waals surface area contributed by atoms with E-state index in [1.165, 1.54) is 0 Å². The van der Waals surface area contributed by atoms with Crippen LogP contribution in [0.2, 0.25) is 0 Å². The summed E-state index contributed by atoms with van der Waals surface area (Å²) in [5.41, 5.74) is 5.84. The topological polar surface area (TPSA) is 102 Å². The number of hydrogen-bond donors (Lipinski definition) is 1. The standard InChI is InChI=1S/C33H32N4O4/c1-18-22(6-3-13-34-18)31-24(32(41-36-31)19-7-8-19)11-10-23-26-16-37(17-27(23)26)20-9-12-28-25(14-20)30(40-21-4-2-5-21)15-29(35-28)33(38)39/h3,6,9-15,19,21,23,26-27H,2,4-5,7-8,16-17H2,1H3,(H,38,39)/b11-10+. The van der Waals surface area contributed by atoms with Crippen molar-refractivity contribution in [2.45, 2.75) is 51.0 Å². The van der Waals surface area contributed by atoms with Crippen molar-refractivity contribution in [3.63, 3.8) is 0 Å². The van der Waals surface area contributed by atoms with Crippen LogP contribution < -0.4 is 9.64 Å². The van der Waals surface area contributed by atoms with Gasteiger partial charge >= 0.3 is 5.97 Å². The van der Waals surface area contributed by atoms with Crippen LogP contribution in [-0.2, 0) is 0 Å². The van der Waals surface area contributed by atoms with Gasteiger partial charge in [-0.15, -0.1) is 0 Å². The van der Waals surface area contributed by atoms with E-state index in [9.17, 15) is 9.90 Å². The number of piperidine rings is 1. The summed E-state index contributed by atoms with van der Waals surface area (Å²) in [4.78, 5) is 22.9. The van der Waals surface area contributed by atoms with Crippen molar-refractivity contribution in [1.82, 2.24) is 15.1 Å². The Morgan fingerprint density at radius 2 is 1.95 bits per heavy atom. The molecule has 8 rings (SSSR count). The van der Waals surface area contributed by atoms with Gasteiger partial charge in [-0.2, -0.15) is 0 Å². The number of carboxylic acid groups (broad SMARTS) is 1. The number of carboxylic acids is 1. The van der Waals surface area contributed by atoms with E-state index in [1.807, 2.05) is 25.3 Å². The number of allylic oxidation sites excluding steroid dienone is 1. The van der Waals surface area contributed by atoms with Crippen molar-refractivity contribution >= 4 is 28.6 Å². The second-order valence-electron chi connectivity index (χ2n) is 12.1. The molecule has 3 aliphatic carbocycles. The maximum absolute atomic E-state index is 11.7. The Labute approximate surface area is 238 Å². The van der Waals surface area contributed by atoms with E-state index in [0.717, 1.165) is 84.5 Å². The van der Waals surface area contributed by atoms with Gasteiger partial charge in [-0.3, -0.25) is 4.98 Å². The zero-order chi connectivity index (χ0) is 27.7. The first-order valence-electron chi connectivity index (χ1n) is 14.7. The normalized spacial score (nSPS) is 23.6. The SMILES string of the molecule is Cc1ncccc1-c1noc(C2CC2)c1/C=C/C1C2CN(c3ccc4nc(C(=O)O)cc(OC5CCC5)c4c3)CC12. The van der Waals surface area contributed by atoms with Crippen LogP contribution in [0, 0.1) is 24.7 Å². The maximum Gasteiger partial charge on any atom is 0.354 e. The van der Waals surface area contributed by atoms with Gasteiger partial charge in [0.1, 0.15) is 17.2 Å². The van der Waals surface area contributed by atoms with Crippen LogP contribution in [0.4, 0.5) is 5.69 Å². The Bertz CT molecular complexity index is 1690. The third kappa shape index (κ3) is 4.36. The fourth-order valence-electron chi connectivity index (χ4n) is 6.57. The summed E-state index contributed by atoms with van der Waals surface area (Å²) in [6.45, 7) is 4.02. The lowest BCUT2D eigenvalue weighted by Crippen LogP contribution is -2.25. The van der Waals surface area contributed by atoms with Crippen LogP contribution in [0.5, 0.6) is 5.75 Å². The number of ether oxygens (including phenoxy) is 1. The molecular weight excluding hydrogens is 516 g/mol. The molecule has 4 aromatic rings. The molecule has 1 saturated heterocycles. The summed E-state index contributed by atoms with van der Waals surface area (Å²) in [5, 5.41) is 14.9. The van der Waals surface area contributed by atoms with Gasteiger partial charge in [0.15, 0.2) is 5.69 Å². The predicted molar refractivity (Wildman–Crippen MR) is 155 cm³/mol. The number of aryl methyl sites for hydroxylation is 1. The van der Waals surface area contributed by atoms with Gasteiger partial charge in [0, 0.05) is 59.2 Å². The van der Waals surface area contributed by atoms with Crippen molar-refractivity contribution in [1.29, 1.82) is 0 Å². The molecule has 0 spiro atoms. The smallest absolute Gasteiger partial charge is 0.354 e. The lowest BCUT2D eigenvalue weighted by Gasteiger charge is -2.27. The number of hydrogen-bond acceptors (Lipinski definition) is 7. The molecule has 0 bridgehead atoms. The van der Waals surface area contributed by atoms with Crippen molar-refractivity contribution in [3.8, 4) is 17.0 Å². The van der Waals surface area contributed by atoms with Gasteiger partial charge in [0.05, 0.1) is 11.6 Å². The van der Waals surface area contributed by atoms with Crippen molar-refractivity contribution in [2.24, 2.45) is 17.8 Å². The molecule has 0 radical (unpaired) electrons. The second kappa shape index (κ2) is 9.43. The highest BCUT2D eigenvalue weighted by molar-refractivity contribution is 5.94. The van der Waals surface area contributed by atoms with Gasteiger partial charge in [-0.1, -0.05) is 17.3 Å². The molecule has 41 heavy (non-hydrogen) atoms. The summed E-state index contributed by atoms with van der Waals surface area (Å²) < 4.78 is 12.1. The molecule has 4 aliphatic rings. The van der Waals surface area contributed by atoms with E-state index in [2.05, 4.69) is 50.4 Å². The van der Waals surface area contributed by atoms with Crippen LogP contribution in [-0.4, -0.2) is 45.4 Å². The summed E-state index contributed by atoms with van der Waals surface area (Å²) in [7, 11) is 0. The zero-order valence-electron chi connectivity index (χ0n) is 23.0. The van der Waals surface area contributed by atoms with E-state index in [0.29, 0.717) is 34.9 Å². The number of rotatable bonds is 8. The van der Waals surface area contributed by atoms with Crippen LogP contribution in [0.3, 0.4) is 0 Å². The van der Waals surface area contributed by atoms with Gasteiger partial charge in [0.2, 0.25) is 0 Å². The minimum Gasteiger partial charge on any atom is -0.490 e. The maximum atomic E-state index is 11.7. The Morgan fingerprint density at radius 3 is 2.66 bits per heavy atom. The van der Waals surface area contributed by atoms with Crippen molar-refractivity contribution in [2.75, 3.05) is 18.0 Å². The molecule has 1 aliphatic heterocycles. The number of pyridine rings is 2. The Morgan fingerprint density at radius 1 is 1.12 bits per heavy atom. The molecular formula is C33H32N4O4. The quantitative estimate of drug-likeness (QED) is 0.266. The average Bonchev–Trinajstić information content (AvgIpc) is 3.81. The molecule has 4 fully saturated rings. The van der Waals surface area contributed by atoms with Crippen LogP contribution >= 0.6 is 0 Å². The lowest BCUT2D eigenvalue weighted by molar-refractivity contribution is 0.0689. The number of anilines is 1. The molecule has 1 N–H and O–H groups in total. The lowest BCUT2D eigenvalue weighted by atomic mass is 9.96. The fourth-order valence-corrected chi connectivity index (χ4v) is 6.57. The minimum absolute atomic E-state index is 0.0242. The largest absolute Gasteiger partial charge is 0.490 e. The zero-order valence-corrected chi connectivity index (χ0v) is 23.0. The minimum atomic E-state index is -1.04. The number of aromatic nitrogens is 3. The van der Waals surface area contributed by atoms with E-state index in [-0.39, 0.29) is 11.8 Å². The summed E-state index contributed by atoms with van der Waals surface area (Å²) in [6.07, 6.45) is 12.1. The molecule has 4 heterocycles. The third-order valence-corrected chi connectivity index (χ3v) is 9.40. The number of nitrogens with zero attached hydrogens (tertiary/aromatic N) is 4. The molecule has 0 amide bonds. The molecule has 2 unspecified atom stereocenters. The Hall–Kier alpha value is -4.20. The van der Waals surface area contributed by atoms with Crippen molar-refractivity contribution < 1.29 is 19.2 Å². The molecule has 8 heteroatoms. The number of carbonyl (C=O) groups is 1. The fraction of sp³-hybridized carbons (Fsp3) is 0.394. The van der Waals surface area contributed by atoms with Crippen molar-refractivity contribution in [3.05, 3.63) is 71.4 Å². The molecule has 2 atom stereocenters. The number of fused-ring (bicyclic) bond motifs is 2. The van der Waals surface area contributed by atoms with Gasteiger partial charge in [0.25, 0.3) is 0 Å². The summed E-state index contributed by atoms with van der Waals surface area (Å²) in [5.74, 6) is 2.88. The monoisotopic (exact) mass is 548 g/mol. The average molecular weight is 549 g/mol.